The number of aromatic nitrogens is 2. The maximum atomic E-state index is 13.7. The molecule has 0 saturated carbocycles. The Bertz CT molecular complexity index is 1570. The van der Waals surface area contributed by atoms with Gasteiger partial charge in [0.25, 0.3) is 5.56 Å². The summed E-state index contributed by atoms with van der Waals surface area (Å²) in [4.78, 5) is 31.0. The van der Waals surface area contributed by atoms with Crippen molar-refractivity contribution in [2.45, 2.75) is 13.0 Å². The number of carbonyl (C=O) groups is 1. The molecule has 36 heavy (non-hydrogen) atoms. The van der Waals surface area contributed by atoms with Crippen LogP contribution < -0.4 is 16.2 Å². The molecule has 178 valence electrons. The van der Waals surface area contributed by atoms with Crippen LogP contribution in [-0.4, -0.2) is 15.6 Å². The number of hydrogen-bond donors (Lipinski definition) is 2. The summed E-state index contributed by atoms with van der Waals surface area (Å²) in [6, 6.07) is 31.3. The van der Waals surface area contributed by atoms with E-state index in [-0.39, 0.29) is 5.56 Å². The molecule has 2 N–H and O–H groups in total. The van der Waals surface area contributed by atoms with Gasteiger partial charge in [-0.15, -0.1) is 0 Å². The molecule has 5 rings (SSSR count). The fourth-order valence-electron chi connectivity index (χ4n) is 4.01. The number of carbonyl (C=O) groups excluding carboxylic acids is 1. The largest absolute Gasteiger partial charge is 0.323 e. The molecule has 0 spiro atoms. The lowest BCUT2D eigenvalue weighted by Crippen LogP contribution is -2.26. The lowest BCUT2D eigenvalue weighted by molar-refractivity contribution is 0.262. The molecule has 4 aromatic carbocycles. The van der Waals surface area contributed by atoms with E-state index in [9.17, 15) is 9.59 Å². The van der Waals surface area contributed by atoms with Crippen LogP contribution in [-0.2, 0) is 13.0 Å². The number of amides is 2. The molecule has 0 fully saturated rings. The van der Waals surface area contributed by atoms with Gasteiger partial charge in [-0.3, -0.25) is 9.36 Å². The van der Waals surface area contributed by atoms with E-state index in [4.69, 9.17) is 16.6 Å². The molecule has 0 atom stereocenters. The first-order valence-electron chi connectivity index (χ1n) is 11.5. The lowest BCUT2D eigenvalue weighted by Gasteiger charge is -2.15. The molecule has 7 heteroatoms. The number of para-hydroxylation sites is 1. The first kappa shape index (κ1) is 23.3. The predicted octanol–water partition coefficient (Wildman–Crippen LogP) is 6.33. The summed E-state index contributed by atoms with van der Waals surface area (Å²) in [5, 5.41) is 6.64. The van der Waals surface area contributed by atoms with Crippen LogP contribution in [0.15, 0.2) is 108 Å². The van der Waals surface area contributed by atoms with Crippen LogP contribution in [0.3, 0.4) is 0 Å². The standard InChI is InChI=1S/C29H23ClN4O2/c30-22-13-11-21(12-14-22)19-34-27(17-20-7-3-1-4-8-20)33-26-16-15-24(18-25(26)28(34)35)32-29(36)31-23-9-5-2-6-10-23/h1-16,18H,17,19H2,(H2,31,32,36). The third-order valence-electron chi connectivity index (χ3n) is 5.78. The molecular weight excluding hydrogens is 472 g/mol. The van der Waals surface area contributed by atoms with Crippen molar-refractivity contribution in [1.29, 1.82) is 0 Å². The van der Waals surface area contributed by atoms with Crippen LogP contribution in [0, 0.1) is 0 Å². The van der Waals surface area contributed by atoms with Crippen LogP contribution in [0.25, 0.3) is 10.9 Å². The molecule has 0 aliphatic heterocycles. The van der Waals surface area contributed by atoms with Gasteiger partial charge < -0.3 is 10.6 Å². The number of hydrogen-bond acceptors (Lipinski definition) is 3. The minimum Gasteiger partial charge on any atom is -0.308 e. The van der Waals surface area contributed by atoms with Gasteiger partial charge in [0.05, 0.1) is 17.4 Å². The number of benzene rings is 4. The topological polar surface area (TPSA) is 76.0 Å². The van der Waals surface area contributed by atoms with Crippen molar-refractivity contribution < 1.29 is 4.79 Å². The summed E-state index contributed by atoms with van der Waals surface area (Å²) in [6.45, 7) is 0.354. The van der Waals surface area contributed by atoms with Gasteiger partial charge in [0.15, 0.2) is 0 Å². The van der Waals surface area contributed by atoms with E-state index in [1.54, 1.807) is 47.0 Å². The van der Waals surface area contributed by atoms with Gasteiger partial charge in [0.2, 0.25) is 0 Å². The minimum absolute atomic E-state index is 0.173. The van der Waals surface area contributed by atoms with Crippen molar-refractivity contribution in [1.82, 2.24) is 9.55 Å². The van der Waals surface area contributed by atoms with Gasteiger partial charge >= 0.3 is 6.03 Å². The Morgan fingerprint density at radius 3 is 2.17 bits per heavy atom. The number of fused-ring (bicyclic) bond motifs is 1. The highest BCUT2D eigenvalue weighted by atomic mass is 35.5. The summed E-state index contributed by atoms with van der Waals surface area (Å²) < 4.78 is 1.69. The number of rotatable bonds is 6. The van der Waals surface area contributed by atoms with Crippen LogP contribution in [0.1, 0.15) is 17.0 Å². The van der Waals surface area contributed by atoms with E-state index < -0.39 is 6.03 Å². The number of urea groups is 1. The van der Waals surface area contributed by atoms with E-state index in [1.165, 1.54) is 0 Å². The molecule has 1 heterocycles. The highest BCUT2D eigenvalue weighted by Gasteiger charge is 2.14. The zero-order valence-electron chi connectivity index (χ0n) is 19.3. The van der Waals surface area contributed by atoms with Crippen molar-refractivity contribution in [3.8, 4) is 0 Å². The second kappa shape index (κ2) is 10.5. The summed E-state index contributed by atoms with van der Waals surface area (Å²) >= 11 is 6.05. The van der Waals surface area contributed by atoms with Crippen molar-refractivity contribution in [2.24, 2.45) is 0 Å². The molecule has 6 nitrogen and oxygen atoms in total. The minimum atomic E-state index is -0.393. The summed E-state index contributed by atoms with van der Waals surface area (Å²) in [5.74, 6) is 0.663. The Labute approximate surface area is 213 Å². The Morgan fingerprint density at radius 1 is 0.778 bits per heavy atom. The van der Waals surface area contributed by atoms with Gasteiger partial charge in [-0.2, -0.15) is 0 Å². The van der Waals surface area contributed by atoms with Crippen molar-refractivity contribution >= 4 is 39.9 Å². The zero-order chi connectivity index (χ0) is 24.9. The van der Waals surface area contributed by atoms with Gasteiger partial charge in [0, 0.05) is 22.8 Å². The SMILES string of the molecule is O=C(Nc1ccccc1)Nc1ccc2nc(Cc3ccccc3)n(Cc3ccc(Cl)cc3)c(=O)c2c1. The second-order valence-corrected chi connectivity index (χ2v) is 8.82. The highest BCUT2D eigenvalue weighted by Crippen LogP contribution is 2.19. The van der Waals surface area contributed by atoms with E-state index in [2.05, 4.69) is 10.6 Å². The van der Waals surface area contributed by atoms with Crippen molar-refractivity contribution in [3.63, 3.8) is 0 Å². The third kappa shape index (κ3) is 5.45. The number of anilines is 2. The monoisotopic (exact) mass is 494 g/mol. The summed E-state index contributed by atoms with van der Waals surface area (Å²) in [6.07, 6.45) is 0.513. The lowest BCUT2D eigenvalue weighted by atomic mass is 10.1. The van der Waals surface area contributed by atoms with Gasteiger partial charge in [-0.1, -0.05) is 72.3 Å². The molecule has 0 bridgehead atoms. The number of nitrogens with zero attached hydrogens (tertiary/aromatic N) is 2. The molecule has 0 aliphatic rings. The molecule has 0 unspecified atom stereocenters. The van der Waals surface area contributed by atoms with Crippen LogP contribution in [0.2, 0.25) is 5.02 Å². The fraction of sp³-hybridized carbons (Fsp3) is 0.0690. The Hall–Kier alpha value is -4.42. The van der Waals surface area contributed by atoms with E-state index in [0.717, 1.165) is 11.1 Å². The molecule has 5 aromatic rings. The normalized spacial score (nSPS) is 10.8. The average molecular weight is 495 g/mol. The number of halogens is 1. The van der Waals surface area contributed by atoms with E-state index >= 15 is 0 Å². The first-order valence-corrected chi connectivity index (χ1v) is 11.9. The van der Waals surface area contributed by atoms with Crippen LogP contribution in [0.5, 0.6) is 0 Å². The zero-order valence-corrected chi connectivity index (χ0v) is 20.1. The molecule has 0 aliphatic carbocycles. The number of nitrogens with one attached hydrogen (secondary N) is 2. The van der Waals surface area contributed by atoms with Crippen LogP contribution >= 0.6 is 11.6 Å². The Balaban J connectivity index is 1.51. The highest BCUT2D eigenvalue weighted by molar-refractivity contribution is 6.30. The second-order valence-electron chi connectivity index (χ2n) is 8.39. The fourth-order valence-corrected chi connectivity index (χ4v) is 4.13. The van der Waals surface area contributed by atoms with E-state index in [1.807, 2.05) is 60.7 Å². The smallest absolute Gasteiger partial charge is 0.308 e. The first-order chi connectivity index (χ1) is 17.5. The maximum absolute atomic E-state index is 13.7. The average Bonchev–Trinajstić information content (AvgIpc) is 2.89. The Morgan fingerprint density at radius 2 is 1.44 bits per heavy atom. The quantitative estimate of drug-likeness (QED) is 0.289. The predicted molar refractivity (Wildman–Crippen MR) is 145 cm³/mol. The molecular formula is C29H23ClN4O2. The molecule has 2 amide bonds. The third-order valence-corrected chi connectivity index (χ3v) is 6.03. The van der Waals surface area contributed by atoms with Gasteiger partial charge in [0.1, 0.15) is 5.82 Å². The van der Waals surface area contributed by atoms with Gasteiger partial charge in [-0.25, -0.2) is 9.78 Å². The van der Waals surface area contributed by atoms with Crippen molar-refractivity contribution in [2.75, 3.05) is 10.6 Å². The maximum Gasteiger partial charge on any atom is 0.323 e. The van der Waals surface area contributed by atoms with Crippen LogP contribution in [0.4, 0.5) is 16.2 Å². The van der Waals surface area contributed by atoms with Crippen molar-refractivity contribution in [3.05, 3.63) is 135 Å². The van der Waals surface area contributed by atoms with Gasteiger partial charge in [-0.05, 0) is 53.6 Å². The molecule has 0 saturated heterocycles. The molecule has 1 aromatic heterocycles. The molecule has 0 radical (unpaired) electrons. The summed E-state index contributed by atoms with van der Waals surface area (Å²) in [5.41, 5.74) is 3.58. The summed E-state index contributed by atoms with van der Waals surface area (Å²) in [7, 11) is 0. The van der Waals surface area contributed by atoms with E-state index in [0.29, 0.717) is 46.1 Å². The Kier molecular flexibility index (Phi) is 6.78.